The van der Waals surface area contributed by atoms with Crippen LogP contribution in [0.1, 0.15) is 32.0 Å². The zero-order valence-corrected chi connectivity index (χ0v) is 24.4. The number of hydrogen-bond acceptors (Lipinski definition) is 7. The van der Waals surface area contributed by atoms with Gasteiger partial charge >= 0.3 is 6.03 Å². The van der Waals surface area contributed by atoms with Crippen molar-refractivity contribution >= 4 is 43.9 Å². The number of ether oxygens (including phenoxy) is 2. The van der Waals surface area contributed by atoms with Gasteiger partial charge in [0.05, 0.1) is 30.4 Å². The molecule has 3 aromatic carbocycles. The smallest absolute Gasteiger partial charge is 0.323 e. The highest BCUT2D eigenvalue weighted by Crippen LogP contribution is 2.39. The lowest BCUT2D eigenvalue weighted by Crippen LogP contribution is -2.22. The van der Waals surface area contributed by atoms with Gasteiger partial charge in [-0.25, -0.2) is 13.2 Å². The second-order valence-electron chi connectivity index (χ2n) is 10.5. The Hall–Kier alpha value is -4.35. The van der Waals surface area contributed by atoms with E-state index < -0.39 is 16.1 Å². The number of amides is 2. The normalized spacial score (nSPS) is 11.7. The third-order valence-corrected chi connectivity index (χ3v) is 6.81. The Morgan fingerprint density at radius 2 is 1.63 bits per heavy atom. The van der Waals surface area contributed by atoms with Gasteiger partial charge in [0, 0.05) is 41.8 Å². The Kier molecular flexibility index (Phi) is 8.69. The number of nitrogens with one attached hydrogen (secondary N) is 3. The Labute approximate surface area is 239 Å². The number of carbonyl (C=O) groups excluding carboxylic acids is 1. The zero-order chi connectivity index (χ0) is 29.8. The second-order valence-corrected chi connectivity index (χ2v) is 12.3. The molecule has 4 aromatic rings. The van der Waals surface area contributed by atoms with Crippen molar-refractivity contribution in [3.63, 3.8) is 0 Å². The number of carbonyl (C=O) groups is 1. The van der Waals surface area contributed by atoms with Crippen molar-refractivity contribution in [1.82, 2.24) is 4.98 Å². The Balaban J connectivity index is 1.64. The number of methoxy groups -OCH3 is 1. The summed E-state index contributed by atoms with van der Waals surface area (Å²) in [7, 11) is -2.20. The van der Waals surface area contributed by atoms with E-state index in [0.717, 1.165) is 22.6 Å². The fraction of sp³-hybridized carbons (Fsp3) is 0.267. The first-order valence-corrected chi connectivity index (χ1v) is 14.8. The topological polar surface area (TPSA) is 139 Å². The van der Waals surface area contributed by atoms with E-state index in [1.54, 1.807) is 42.6 Å². The molecule has 10 nitrogen and oxygen atoms in total. The number of aliphatic hydroxyl groups excluding tert-OH is 1. The molecule has 11 heteroatoms. The molecule has 1 aromatic heterocycles. The van der Waals surface area contributed by atoms with Gasteiger partial charge in [0.15, 0.2) is 5.75 Å². The van der Waals surface area contributed by atoms with Crippen molar-refractivity contribution < 1.29 is 27.8 Å². The predicted molar refractivity (Wildman–Crippen MR) is 162 cm³/mol. The van der Waals surface area contributed by atoms with Gasteiger partial charge in [-0.15, -0.1) is 0 Å². The summed E-state index contributed by atoms with van der Waals surface area (Å²) < 4.78 is 38.2. The summed E-state index contributed by atoms with van der Waals surface area (Å²) in [5.74, 6) is 1.35. The standard InChI is InChI=1S/C30H34N4O6S/c1-30(2,3)19-16-25(28(39-4)26(17-19)34-41(5,37)38)33-29(36)32-24-10-11-27(23-9-7-6-8-22(23)24)40-21-12-14-31-20(18-21)13-15-35/h6-12,14,16-18,34-35H,13,15H2,1-5H3,(H2,32,33,36). The van der Waals surface area contributed by atoms with Crippen LogP contribution in [0.2, 0.25) is 0 Å². The number of sulfonamides is 1. The number of anilines is 3. The summed E-state index contributed by atoms with van der Waals surface area (Å²) in [5.41, 5.74) is 2.25. The van der Waals surface area contributed by atoms with Crippen LogP contribution < -0.4 is 24.8 Å². The van der Waals surface area contributed by atoms with Crippen LogP contribution in [0.3, 0.4) is 0 Å². The minimum Gasteiger partial charge on any atom is -0.492 e. The summed E-state index contributed by atoms with van der Waals surface area (Å²) in [6.45, 7) is 5.94. The lowest BCUT2D eigenvalue weighted by molar-refractivity contribution is 0.262. The highest BCUT2D eigenvalue weighted by Gasteiger charge is 2.22. The molecule has 0 aliphatic heterocycles. The molecule has 0 atom stereocenters. The van der Waals surface area contributed by atoms with E-state index in [9.17, 15) is 18.3 Å². The van der Waals surface area contributed by atoms with Crippen molar-refractivity contribution in [2.24, 2.45) is 0 Å². The third-order valence-electron chi connectivity index (χ3n) is 6.22. The minimum atomic E-state index is -3.61. The van der Waals surface area contributed by atoms with Gasteiger partial charge < -0.3 is 25.2 Å². The quantitative estimate of drug-likeness (QED) is 0.194. The molecule has 0 fully saturated rings. The van der Waals surface area contributed by atoms with Gasteiger partial charge in [-0.2, -0.15) is 0 Å². The van der Waals surface area contributed by atoms with Crippen molar-refractivity contribution in [2.45, 2.75) is 32.6 Å². The lowest BCUT2D eigenvalue weighted by atomic mass is 9.86. The largest absolute Gasteiger partial charge is 0.492 e. The number of rotatable bonds is 9. The van der Waals surface area contributed by atoms with Crippen LogP contribution in [-0.4, -0.2) is 44.5 Å². The maximum atomic E-state index is 13.3. The van der Waals surface area contributed by atoms with E-state index in [1.807, 2.05) is 45.0 Å². The van der Waals surface area contributed by atoms with Crippen molar-refractivity contribution in [2.75, 3.05) is 35.3 Å². The predicted octanol–water partition coefficient (Wildman–Crippen LogP) is 5.88. The average molecular weight is 579 g/mol. The molecular formula is C30H34N4O6S. The summed E-state index contributed by atoms with van der Waals surface area (Å²) in [6.07, 6.45) is 3.10. The number of benzene rings is 3. The number of aliphatic hydroxyl groups is 1. The summed E-state index contributed by atoms with van der Waals surface area (Å²) in [5, 5.41) is 16.5. The van der Waals surface area contributed by atoms with E-state index in [4.69, 9.17) is 9.47 Å². The first-order valence-electron chi connectivity index (χ1n) is 12.9. The molecule has 1 heterocycles. The Bertz CT molecular complexity index is 1680. The number of pyridine rings is 1. The molecule has 0 aliphatic rings. The Morgan fingerprint density at radius 1 is 0.951 bits per heavy atom. The average Bonchev–Trinajstić information content (AvgIpc) is 2.89. The van der Waals surface area contributed by atoms with Crippen LogP contribution >= 0.6 is 0 Å². The molecular weight excluding hydrogens is 544 g/mol. The zero-order valence-electron chi connectivity index (χ0n) is 23.6. The molecule has 0 spiro atoms. The Morgan fingerprint density at radius 3 is 2.29 bits per heavy atom. The SMILES string of the molecule is COc1c(NC(=O)Nc2ccc(Oc3ccnc(CCO)c3)c3ccccc23)cc(C(C)(C)C)cc1NS(C)(=O)=O. The van der Waals surface area contributed by atoms with Crippen molar-refractivity contribution in [1.29, 1.82) is 0 Å². The molecule has 41 heavy (non-hydrogen) atoms. The van der Waals surface area contributed by atoms with Gasteiger partial charge in [-0.05, 0) is 41.3 Å². The lowest BCUT2D eigenvalue weighted by Gasteiger charge is -2.24. The fourth-order valence-corrected chi connectivity index (χ4v) is 4.84. The molecule has 0 saturated heterocycles. The molecule has 0 bridgehead atoms. The van der Waals surface area contributed by atoms with E-state index in [-0.39, 0.29) is 23.5 Å². The molecule has 0 saturated carbocycles. The molecule has 2 amide bonds. The fourth-order valence-electron chi connectivity index (χ4n) is 4.29. The first kappa shape index (κ1) is 29.6. The molecule has 4 rings (SSSR count). The molecule has 216 valence electrons. The van der Waals surface area contributed by atoms with Gasteiger partial charge in [0.1, 0.15) is 11.5 Å². The number of nitrogens with zero attached hydrogens (tertiary/aromatic N) is 1. The number of aromatic nitrogens is 1. The van der Waals surface area contributed by atoms with Crippen LogP contribution in [0.5, 0.6) is 17.2 Å². The van der Waals surface area contributed by atoms with Crippen LogP contribution in [0.4, 0.5) is 21.9 Å². The number of urea groups is 1. The summed E-state index contributed by atoms with van der Waals surface area (Å²) in [4.78, 5) is 17.5. The van der Waals surface area contributed by atoms with E-state index in [2.05, 4.69) is 20.3 Å². The van der Waals surface area contributed by atoms with E-state index in [0.29, 0.717) is 35.0 Å². The third kappa shape index (κ3) is 7.44. The molecule has 0 aliphatic carbocycles. The highest BCUT2D eigenvalue weighted by atomic mass is 32.2. The molecule has 0 unspecified atom stereocenters. The van der Waals surface area contributed by atoms with Gasteiger partial charge in [-0.1, -0.05) is 45.0 Å². The van der Waals surface area contributed by atoms with E-state index in [1.165, 1.54) is 7.11 Å². The molecule has 4 N–H and O–H groups in total. The highest BCUT2D eigenvalue weighted by molar-refractivity contribution is 7.92. The van der Waals surface area contributed by atoms with Crippen LogP contribution in [0.15, 0.2) is 66.9 Å². The summed E-state index contributed by atoms with van der Waals surface area (Å²) >= 11 is 0. The van der Waals surface area contributed by atoms with Crippen LogP contribution in [-0.2, 0) is 21.9 Å². The molecule has 0 radical (unpaired) electrons. The maximum Gasteiger partial charge on any atom is 0.323 e. The number of hydrogen-bond donors (Lipinski definition) is 4. The minimum absolute atomic E-state index is 0.0102. The number of fused-ring (bicyclic) bond motifs is 1. The van der Waals surface area contributed by atoms with Crippen molar-refractivity contribution in [3.05, 3.63) is 78.1 Å². The van der Waals surface area contributed by atoms with Crippen LogP contribution in [0.25, 0.3) is 10.8 Å². The van der Waals surface area contributed by atoms with Crippen LogP contribution in [0, 0.1) is 0 Å². The van der Waals surface area contributed by atoms with Gasteiger partial charge in [-0.3, -0.25) is 9.71 Å². The second kappa shape index (κ2) is 12.0. The monoisotopic (exact) mass is 578 g/mol. The van der Waals surface area contributed by atoms with E-state index >= 15 is 0 Å². The van der Waals surface area contributed by atoms with Crippen molar-refractivity contribution in [3.8, 4) is 17.2 Å². The first-order chi connectivity index (χ1) is 19.4. The van der Waals surface area contributed by atoms with Gasteiger partial charge in [0.25, 0.3) is 0 Å². The summed E-state index contributed by atoms with van der Waals surface area (Å²) in [6, 6.07) is 17.4. The van der Waals surface area contributed by atoms with Gasteiger partial charge in [0.2, 0.25) is 10.0 Å². The maximum absolute atomic E-state index is 13.3.